The number of benzene rings is 2. The van der Waals surface area contributed by atoms with Crippen molar-refractivity contribution in [1.82, 2.24) is 0 Å². The first-order valence-corrected chi connectivity index (χ1v) is 9.96. The van der Waals surface area contributed by atoms with E-state index in [9.17, 15) is 14.7 Å². The van der Waals surface area contributed by atoms with Gasteiger partial charge in [0, 0.05) is 6.42 Å². The number of esters is 1. The number of hydrogen-bond donors (Lipinski definition) is 1. The highest BCUT2D eigenvalue weighted by Crippen LogP contribution is 2.39. The molecule has 28 heavy (non-hydrogen) atoms. The Labute approximate surface area is 167 Å². The number of thioether (sulfide) groups is 1. The SMILES string of the molecule is CCCC(=O)N=C1S/C(=C\c2cccc3ccccc23)C(O)=C1C(=O)OCC. The molecule has 5 nitrogen and oxygen atoms in total. The van der Waals surface area contributed by atoms with Gasteiger partial charge >= 0.3 is 5.97 Å². The lowest BCUT2D eigenvalue weighted by Gasteiger charge is -2.03. The van der Waals surface area contributed by atoms with E-state index in [0.29, 0.717) is 11.3 Å². The second-order valence-corrected chi connectivity index (χ2v) is 7.21. The summed E-state index contributed by atoms with van der Waals surface area (Å²) in [7, 11) is 0. The van der Waals surface area contributed by atoms with Crippen LogP contribution in [0, 0.1) is 0 Å². The van der Waals surface area contributed by atoms with Crippen molar-refractivity contribution in [2.45, 2.75) is 26.7 Å². The van der Waals surface area contributed by atoms with Crippen LogP contribution in [0.15, 0.2) is 63.7 Å². The van der Waals surface area contributed by atoms with Crippen molar-refractivity contribution in [1.29, 1.82) is 0 Å². The minimum atomic E-state index is -0.683. The summed E-state index contributed by atoms with van der Waals surface area (Å²) in [5, 5.41) is 13.0. The number of rotatable bonds is 5. The molecule has 1 aliphatic rings. The number of hydrogen-bond acceptors (Lipinski definition) is 5. The van der Waals surface area contributed by atoms with Crippen LogP contribution in [-0.4, -0.2) is 28.6 Å². The average molecular weight is 395 g/mol. The molecular weight excluding hydrogens is 374 g/mol. The fourth-order valence-corrected chi connectivity index (χ4v) is 3.91. The third-order valence-electron chi connectivity index (χ3n) is 4.17. The van der Waals surface area contributed by atoms with E-state index in [0.717, 1.165) is 28.1 Å². The molecule has 0 atom stereocenters. The van der Waals surface area contributed by atoms with Gasteiger partial charge < -0.3 is 9.84 Å². The Morgan fingerprint density at radius 3 is 2.64 bits per heavy atom. The van der Waals surface area contributed by atoms with E-state index in [1.54, 1.807) is 13.0 Å². The lowest BCUT2D eigenvalue weighted by molar-refractivity contribution is -0.138. The molecule has 0 aliphatic carbocycles. The lowest BCUT2D eigenvalue weighted by Crippen LogP contribution is -2.14. The first kappa shape index (κ1) is 19.9. The summed E-state index contributed by atoms with van der Waals surface area (Å²) >= 11 is 1.10. The van der Waals surface area contributed by atoms with Gasteiger partial charge in [-0.25, -0.2) is 9.79 Å². The van der Waals surface area contributed by atoms with Crippen molar-refractivity contribution < 1.29 is 19.4 Å². The molecule has 0 bridgehead atoms. The molecule has 1 aliphatic heterocycles. The van der Waals surface area contributed by atoms with Gasteiger partial charge in [-0.15, -0.1) is 0 Å². The standard InChI is InChI=1S/C22H21NO4S/c1-3-8-18(24)23-21-19(22(26)27-4-2)20(25)17(28-21)13-15-11-7-10-14-9-5-6-12-16(14)15/h5-7,9-13,25H,3-4,8H2,1-2H3/b17-13-,23-21?. The number of carbonyl (C=O) groups is 2. The maximum atomic E-state index is 12.3. The predicted octanol–water partition coefficient (Wildman–Crippen LogP) is 5.03. The lowest BCUT2D eigenvalue weighted by atomic mass is 10.0. The van der Waals surface area contributed by atoms with Gasteiger partial charge in [-0.3, -0.25) is 4.79 Å². The summed E-state index contributed by atoms with van der Waals surface area (Å²) < 4.78 is 5.05. The Morgan fingerprint density at radius 2 is 1.89 bits per heavy atom. The van der Waals surface area contributed by atoms with Crippen molar-refractivity contribution in [2.75, 3.05) is 6.61 Å². The minimum absolute atomic E-state index is 0.0530. The molecule has 1 amide bonds. The van der Waals surface area contributed by atoms with Crippen molar-refractivity contribution in [3.05, 3.63) is 64.3 Å². The van der Waals surface area contributed by atoms with Gasteiger partial charge in [-0.05, 0) is 35.8 Å². The predicted molar refractivity (Wildman–Crippen MR) is 113 cm³/mol. The molecule has 0 spiro atoms. The fourth-order valence-electron chi connectivity index (χ4n) is 2.89. The summed E-state index contributed by atoms with van der Waals surface area (Å²) in [6.07, 6.45) is 2.74. The fraction of sp³-hybridized carbons (Fsp3) is 0.227. The van der Waals surface area contributed by atoms with Crippen LogP contribution in [0.25, 0.3) is 16.8 Å². The Balaban J connectivity index is 2.07. The zero-order valence-corrected chi connectivity index (χ0v) is 16.6. The molecule has 0 unspecified atom stereocenters. The largest absolute Gasteiger partial charge is 0.506 e. The van der Waals surface area contributed by atoms with Gasteiger partial charge in [0.05, 0.1) is 11.5 Å². The van der Waals surface area contributed by atoms with Crippen LogP contribution in [0.1, 0.15) is 32.3 Å². The number of amides is 1. The molecule has 0 aromatic heterocycles. The third kappa shape index (κ3) is 4.17. The maximum absolute atomic E-state index is 12.3. The molecule has 0 radical (unpaired) electrons. The highest BCUT2D eigenvalue weighted by molar-refractivity contribution is 8.18. The van der Waals surface area contributed by atoms with Gasteiger partial charge in [-0.1, -0.05) is 61.2 Å². The van der Waals surface area contributed by atoms with E-state index >= 15 is 0 Å². The van der Waals surface area contributed by atoms with Gasteiger partial charge in [0.1, 0.15) is 16.4 Å². The van der Waals surface area contributed by atoms with Crippen molar-refractivity contribution in [2.24, 2.45) is 4.99 Å². The molecule has 0 saturated carbocycles. The Kier molecular flexibility index (Phi) is 6.31. The van der Waals surface area contributed by atoms with Crippen LogP contribution in [0.2, 0.25) is 0 Å². The van der Waals surface area contributed by atoms with Gasteiger partial charge in [0.15, 0.2) is 0 Å². The molecule has 0 saturated heterocycles. The van der Waals surface area contributed by atoms with Crippen molar-refractivity contribution in [3.8, 4) is 0 Å². The van der Waals surface area contributed by atoms with Crippen molar-refractivity contribution in [3.63, 3.8) is 0 Å². The molecule has 144 valence electrons. The minimum Gasteiger partial charge on any atom is -0.506 e. The molecular formula is C22H21NO4S. The van der Waals surface area contributed by atoms with Crippen LogP contribution >= 0.6 is 11.8 Å². The van der Waals surface area contributed by atoms with E-state index in [4.69, 9.17) is 4.74 Å². The molecule has 2 aromatic rings. The molecule has 1 N–H and O–H groups in total. The highest BCUT2D eigenvalue weighted by atomic mass is 32.2. The zero-order valence-electron chi connectivity index (χ0n) is 15.8. The summed E-state index contributed by atoms with van der Waals surface area (Å²) in [6, 6.07) is 13.8. The summed E-state index contributed by atoms with van der Waals surface area (Å²) in [6.45, 7) is 3.73. The third-order valence-corrected chi connectivity index (χ3v) is 5.19. The first-order valence-electron chi connectivity index (χ1n) is 9.15. The zero-order chi connectivity index (χ0) is 20.1. The van der Waals surface area contributed by atoms with Crippen LogP contribution in [0.3, 0.4) is 0 Å². The van der Waals surface area contributed by atoms with E-state index < -0.39 is 5.97 Å². The molecule has 2 aromatic carbocycles. The summed E-state index contributed by atoms with van der Waals surface area (Å²) in [5.74, 6) is -1.22. The Bertz CT molecular complexity index is 1010. The summed E-state index contributed by atoms with van der Waals surface area (Å²) in [5.41, 5.74) is 0.847. The van der Waals surface area contributed by atoms with Crippen LogP contribution in [0.4, 0.5) is 0 Å². The number of carbonyl (C=O) groups excluding carboxylic acids is 2. The number of fused-ring (bicyclic) bond motifs is 1. The van der Waals surface area contributed by atoms with E-state index in [2.05, 4.69) is 4.99 Å². The number of aliphatic hydroxyl groups excluding tert-OH is 1. The van der Waals surface area contributed by atoms with E-state index in [1.165, 1.54) is 0 Å². The Morgan fingerprint density at radius 1 is 1.14 bits per heavy atom. The monoisotopic (exact) mass is 395 g/mol. The molecule has 6 heteroatoms. The topological polar surface area (TPSA) is 76.0 Å². The second kappa shape index (κ2) is 8.89. The average Bonchev–Trinajstić information content (AvgIpc) is 2.97. The number of aliphatic hydroxyl groups is 1. The van der Waals surface area contributed by atoms with E-state index in [-0.39, 0.29) is 35.3 Å². The van der Waals surface area contributed by atoms with E-state index in [1.807, 2.05) is 49.4 Å². The van der Waals surface area contributed by atoms with Gasteiger partial charge in [-0.2, -0.15) is 0 Å². The highest BCUT2D eigenvalue weighted by Gasteiger charge is 2.33. The Hall–Kier alpha value is -2.86. The van der Waals surface area contributed by atoms with Crippen molar-refractivity contribution >= 4 is 45.5 Å². The number of aliphatic imine (C=N–C) groups is 1. The quantitative estimate of drug-likeness (QED) is 0.719. The number of ether oxygens (including phenoxy) is 1. The molecule has 0 fully saturated rings. The smallest absolute Gasteiger partial charge is 0.344 e. The first-order chi connectivity index (χ1) is 13.5. The van der Waals surface area contributed by atoms with Crippen LogP contribution in [-0.2, 0) is 14.3 Å². The van der Waals surface area contributed by atoms with Gasteiger partial charge in [0.25, 0.3) is 0 Å². The van der Waals surface area contributed by atoms with Crippen LogP contribution in [0.5, 0.6) is 0 Å². The second-order valence-electron chi connectivity index (χ2n) is 6.18. The number of nitrogens with zero attached hydrogens (tertiary/aromatic N) is 1. The van der Waals surface area contributed by atoms with Crippen LogP contribution < -0.4 is 0 Å². The normalized spacial score (nSPS) is 16.9. The summed E-state index contributed by atoms with van der Waals surface area (Å²) in [4.78, 5) is 28.8. The maximum Gasteiger partial charge on any atom is 0.344 e. The molecule has 1 heterocycles. The van der Waals surface area contributed by atoms with Gasteiger partial charge in [0.2, 0.25) is 5.91 Å². The molecule has 3 rings (SSSR count).